The highest BCUT2D eigenvalue weighted by atomic mass is 35.5. The van der Waals surface area contributed by atoms with Gasteiger partial charge in [-0.2, -0.15) is 0 Å². The third-order valence-corrected chi connectivity index (χ3v) is 7.03. The first kappa shape index (κ1) is 15.7. The van der Waals surface area contributed by atoms with Crippen molar-refractivity contribution in [2.45, 2.75) is 49.6 Å². The van der Waals surface area contributed by atoms with E-state index in [2.05, 4.69) is 4.90 Å². The molecule has 1 saturated carbocycles. The summed E-state index contributed by atoms with van der Waals surface area (Å²) in [4.78, 5) is 17.0. The SMILES string of the molecule is O=C1C2CSC(c3ccc(Cl)cc3)N2C(=S)N1C1CCCCC1. The van der Waals surface area contributed by atoms with Gasteiger partial charge in [-0.05, 0) is 42.8 Å². The lowest BCUT2D eigenvalue weighted by Crippen LogP contribution is -2.42. The number of nitrogens with zero attached hydrogens (tertiary/aromatic N) is 2. The third kappa shape index (κ3) is 2.67. The highest BCUT2D eigenvalue weighted by Crippen LogP contribution is 2.46. The van der Waals surface area contributed by atoms with Crippen LogP contribution in [-0.2, 0) is 4.79 Å². The molecule has 0 aromatic heterocycles. The fraction of sp³-hybridized carbons (Fsp3) is 0.529. The van der Waals surface area contributed by atoms with E-state index in [1.807, 2.05) is 29.2 Å². The van der Waals surface area contributed by atoms with Crippen molar-refractivity contribution in [2.24, 2.45) is 0 Å². The average Bonchev–Trinajstić information content (AvgIpc) is 3.10. The Balaban J connectivity index is 1.60. The zero-order chi connectivity index (χ0) is 16.0. The Morgan fingerprint density at radius 3 is 2.52 bits per heavy atom. The molecule has 0 spiro atoms. The second-order valence-electron chi connectivity index (χ2n) is 6.44. The molecular formula is C17H19ClN2OS2. The van der Waals surface area contributed by atoms with E-state index in [1.165, 1.54) is 24.8 Å². The van der Waals surface area contributed by atoms with E-state index in [4.69, 9.17) is 23.8 Å². The van der Waals surface area contributed by atoms with Crippen molar-refractivity contribution in [2.75, 3.05) is 5.75 Å². The van der Waals surface area contributed by atoms with Gasteiger partial charge in [0.2, 0.25) is 0 Å². The maximum atomic E-state index is 12.9. The fourth-order valence-electron chi connectivity index (χ4n) is 3.87. The number of hydrogen-bond acceptors (Lipinski definition) is 3. The zero-order valence-electron chi connectivity index (χ0n) is 12.8. The van der Waals surface area contributed by atoms with Crippen molar-refractivity contribution in [1.82, 2.24) is 9.80 Å². The van der Waals surface area contributed by atoms with E-state index in [1.54, 1.807) is 11.8 Å². The summed E-state index contributed by atoms with van der Waals surface area (Å²) in [5.41, 5.74) is 1.17. The number of carbonyl (C=O) groups excluding carboxylic acids is 1. The second-order valence-corrected chi connectivity index (χ2v) is 8.36. The molecule has 0 N–H and O–H groups in total. The quantitative estimate of drug-likeness (QED) is 0.731. The van der Waals surface area contributed by atoms with Gasteiger partial charge in [-0.3, -0.25) is 9.69 Å². The van der Waals surface area contributed by atoms with E-state index < -0.39 is 0 Å². The maximum absolute atomic E-state index is 12.9. The molecule has 0 bridgehead atoms. The molecule has 1 aromatic rings. The van der Waals surface area contributed by atoms with Crippen LogP contribution in [0.15, 0.2) is 24.3 Å². The number of thiocarbonyl (C=S) groups is 1. The molecule has 3 aliphatic rings. The fourth-order valence-corrected chi connectivity index (χ4v) is 5.96. The molecule has 4 rings (SSSR count). The van der Waals surface area contributed by atoms with Gasteiger partial charge in [0, 0.05) is 16.8 Å². The van der Waals surface area contributed by atoms with Crippen molar-refractivity contribution in [3.05, 3.63) is 34.9 Å². The van der Waals surface area contributed by atoms with Gasteiger partial charge < -0.3 is 4.90 Å². The normalized spacial score (nSPS) is 28.6. The van der Waals surface area contributed by atoms with Crippen LogP contribution in [-0.4, -0.2) is 38.7 Å². The number of hydrogen-bond donors (Lipinski definition) is 0. The summed E-state index contributed by atoms with van der Waals surface area (Å²) in [5.74, 6) is 1.03. The standard InChI is InChI=1S/C17H19ClN2OS2/c18-12-8-6-11(7-9-12)16-20-14(10-23-16)15(21)19(17(20)22)13-4-2-1-3-5-13/h6-9,13-14,16H,1-5,10H2. The van der Waals surface area contributed by atoms with Crippen LogP contribution in [0.25, 0.3) is 0 Å². The Hall–Kier alpha value is -0.780. The van der Waals surface area contributed by atoms with Gasteiger partial charge >= 0.3 is 0 Å². The summed E-state index contributed by atoms with van der Waals surface area (Å²) in [6.07, 6.45) is 5.87. The number of carbonyl (C=O) groups is 1. The lowest BCUT2D eigenvalue weighted by atomic mass is 9.94. The molecule has 0 radical (unpaired) electrons. The maximum Gasteiger partial charge on any atom is 0.252 e. The first-order valence-electron chi connectivity index (χ1n) is 8.19. The van der Waals surface area contributed by atoms with Gasteiger partial charge in [-0.1, -0.05) is 43.0 Å². The topological polar surface area (TPSA) is 23.6 Å². The lowest BCUT2D eigenvalue weighted by Gasteiger charge is -2.32. The van der Waals surface area contributed by atoms with Crippen molar-refractivity contribution in [3.8, 4) is 0 Å². The number of benzene rings is 1. The molecule has 2 aliphatic heterocycles. The summed E-state index contributed by atoms with van der Waals surface area (Å²) in [6, 6.07) is 8.12. The van der Waals surface area contributed by atoms with E-state index in [-0.39, 0.29) is 17.3 Å². The minimum Gasteiger partial charge on any atom is -0.320 e. The average molecular weight is 367 g/mol. The van der Waals surface area contributed by atoms with E-state index >= 15 is 0 Å². The Morgan fingerprint density at radius 2 is 1.83 bits per heavy atom. The number of thioether (sulfide) groups is 1. The Bertz CT molecular complexity index is 630. The van der Waals surface area contributed by atoms with Gasteiger partial charge in [-0.25, -0.2) is 0 Å². The zero-order valence-corrected chi connectivity index (χ0v) is 15.2. The summed E-state index contributed by atoms with van der Waals surface area (Å²) in [6.45, 7) is 0. The first-order chi connectivity index (χ1) is 11.2. The predicted molar refractivity (Wildman–Crippen MR) is 98.6 cm³/mol. The van der Waals surface area contributed by atoms with E-state index in [0.29, 0.717) is 6.04 Å². The minimum absolute atomic E-state index is 0.0879. The lowest BCUT2D eigenvalue weighted by molar-refractivity contribution is -0.129. The van der Waals surface area contributed by atoms with E-state index in [0.717, 1.165) is 28.7 Å². The predicted octanol–water partition coefficient (Wildman–Crippen LogP) is 4.22. The molecule has 2 saturated heterocycles. The van der Waals surface area contributed by atoms with Crippen molar-refractivity contribution in [3.63, 3.8) is 0 Å². The third-order valence-electron chi connectivity index (χ3n) is 5.04. The molecule has 1 amide bonds. The van der Waals surface area contributed by atoms with E-state index in [9.17, 15) is 4.79 Å². The molecular weight excluding hydrogens is 348 g/mol. The Morgan fingerprint density at radius 1 is 1.13 bits per heavy atom. The van der Waals surface area contributed by atoms with Crippen molar-refractivity contribution in [1.29, 1.82) is 0 Å². The molecule has 3 nitrogen and oxygen atoms in total. The van der Waals surface area contributed by atoms with Gasteiger partial charge in [0.05, 0.1) is 0 Å². The van der Waals surface area contributed by atoms with Gasteiger partial charge in [0.15, 0.2) is 5.11 Å². The number of rotatable bonds is 2. The van der Waals surface area contributed by atoms with Crippen LogP contribution in [0, 0.1) is 0 Å². The summed E-state index contributed by atoms with van der Waals surface area (Å²) in [5, 5.41) is 1.59. The Labute approximate surface area is 151 Å². The van der Waals surface area contributed by atoms with Gasteiger partial charge in [0.1, 0.15) is 11.4 Å². The second kappa shape index (κ2) is 6.26. The van der Waals surface area contributed by atoms with Crippen molar-refractivity contribution >= 4 is 46.6 Å². The largest absolute Gasteiger partial charge is 0.320 e. The van der Waals surface area contributed by atoms with Crippen LogP contribution < -0.4 is 0 Å². The molecule has 2 atom stereocenters. The molecule has 2 heterocycles. The molecule has 1 aromatic carbocycles. The summed E-state index contributed by atoms with van der Waals surface area (Å²) >= 11 is 13.5. The highest BCUT2D eigenvalue weighted by molar-refractivity contribution is 7.99. The number of halogens is 1. The van der Waals surface area contributed by atoms with Crippen LogP contribution in [0.1, 0.15) is 43.0 Å². The van der Waals surface area contributed by atoms with Gasteiger partial charge in [-0.15, -0.1) is 11.8 Å². The highest BCUT2D eigenvalue weighted by Gasteiger charge is 2.52. The molecule has 2 unspecified atom stereocenters. The molecule has 1 aliphatic carbocycles. The van der Waals surface area contributed by atoms with Crippen molar-refractivity contribution < 1.29 is 4.79 Å². The van der Waals surface area contributed by atoms with Crippen LogP contribution >= 0.6 is 35.6 Å². The molecule has 23 heavy (non-hydrogen) atoms. The first-order valence-corrected chi connectivity index (χ1v) is 10.0. The number of fused-ring (bicyclic) bond motifs is 1. The minimum atomic E-state index is -0.0879. The van der Waals surface area contributed by atoms with Gasteiger partial charge in [0.25, 0.3) is 5.91 Å². The summed E-state index contributed by atoms with van der Waals surface area (Å²) in [7, 11) is 0. The molecule has 3 fully saturated rings. The van der Waals surface area contributed by atoms with Crippen LogP contribution in [0.2, 0.25) is 5.02 Å². The molecule has 6 heteroatoms. The molecule has 122 valence electrons. The van der Waals surface area contributed by atoms with Crippen LogP contribution in [0.5, 0.6) is 0 Å². The Kier molecular flexibility index (Phi) is 4.28. The van der Waals surface area contributed by atoms with Crippen LogP contribution in [0.4, 0.5) is 0 Å². The number of amides is 1. The monoisotopic (exact) mass is 366 g/mol. The van der Waals surface area contributed by atoms with Crippen LogP contribution in [0.3, 0.4) is 0 Å². The smallest absolute Gasteiger partial charge is 0.252 e. The summed E-state index contributed by atoms with van der Waals surface area (Å²) < 4.78 is 0.